The van der Waals surface area contributed by atoms with Gasteiger partial charge in [0.15, 0.2) is 0 Å². The fraction of sp³-hybridized carbons (Fsp3) is 0.167. The van der Waals surface area contributed by atoms with Gasteiger partial charge in [-0.25, -0.2) is 0 Å². The predicted octanol–water partition coefficient (Wildman–Crippen LogP) is 3.34. The van der Waals surface area contributed by atoms with E-state index < -0.39 is 0 Å². The van der Waals surface area contributed by atoms with E-state index in [1.165, 1.54) is 4.90 Å². The van der Waals surface area contributed by atoms with Gasteiger partial charge >= 0.3 is 0 Å². The van der Waals surface area contributed by atoms with E-state index in [1.807, 2.05) is 18.2 Å². The molecule has 0 fully saturated rings. The molecule has 90 valence electrons. The van der Waals surface area contributed by atoms with Crippen molar-refractivity contribution in [2.75, 3.05) is 5.75 Å². The van der Waals surface area contributed by atoms with Crippen LogP contribution in [0.2, 0.25) is 0 Å². The van der Waals surface area contributed by atoms with Gasteiger partial charge in [-0.1, -0.05) is 22.0 Å². The maximum absolute atomic E-state index is 5.54. The summed E-state index contributed by atoms with van der Waals surface area (Å²) in [5.41, 5.74) is 3.86. The van der Waals surface area contributed by atoms with E-state index in [4.69, 9.17) is 10.3 Å². The van der Waals surface area contributed by atoms with Crippen LogP contribution >= 0.6 is 27.7 Å². The molecule has 17 heavy (non-hydrogen) atoms. The van der Waals surface area contributed by atoms with Gasteiger partial charge in [0.05, 0.1) is 18.6 Å². The molecule has 1 atom stereocenters. The SMILES string of the molecule is NNC(CSc1cccc(Br)c1)c1ccoc1. The van der Waals surface area contributed by atoms with Crippen LogP contribution in [-0.4, -0.2) is 5.75 Å². The van der Waals surface area contributed by atoms with Crippen molar-refractivity contribution in [3.8, 4) is 0 Å². The summed E-state index contributed by atoms with van der Waals surface area (Å²) in [4.78, 5) is 1.21. The Labute approximate surface area is 113 Å². The largest absolute Gasteiger partial charge is 0.472 e. The van der Waals surface area contributed by atoms with Crippen LogP contribution in [0.25, 0.3) is 0 Å². The maximum atomic E-state index is 5.54. The van der Waals surface area contributed by atoms with E-state index in [9.17, 15) is 0 Å². The third-order valence-electron chi connectivity index (χ3n) is 2.36. The Bertz CT molecular complexity index is 461. The molecule has 1 aromatic heterocycles. The molecule has 0 aliphatic rings. The molecule has 0 aliphatic heterocycles. The van der Waals surface area contributed by atoms with Crippen molar-refractivity contribution >= 4 is 27.7 Å². The topological polar surface area (TPSA) is 51.2 Å². The number of furan rings is 1. The summed E-state index contributed by atoms with van der Waals surface area (Å²) in [6.07, 6.45) is 3.37. The van der Waals surface area contributed by atoms with Gasteiger partial charge in [-0.2, -0.15) is 0 Å². The van der Waals surface area contributed by atoms with Crippen LogP contribution in [0.5, 0.6) is 0 Å². The van der Waals surface area contributed by atoms with Gasteiger partial charge in [0.1, 0.15) is 0 Å². The minimum absolute atomic E-state index is 0.0951. The van der Waals surface area contributed by atoms with E-state index in [0.717, 1.165) is 15.8 Å². The maximum Gasteiger partial charge on any atom is 0.0951 e. The van der Waals surface area contributed by atoms with Crippen molar-refractivity contribution in [1.82, 2.24) is 5.43 Å². The zero-order valence-electron chi connectivity index (χ0n) is 9.10. The van der Waals surface area contributed by atoms with Crippen molar-refractivity contribution < 1.29 is 4.42 Å². The standard InChI is InChI=1S/C12H13BrN2OS/c13-10-2-1-3-11(6-10)17-8-12(15-14)9-4-5-16-7-9/h1-7,12,15H,8,14H2. The number of nitrogens with two attached hydrogens (primary N) is 1. The molecular weight excluding hydrogens is 300 g/mol. The first-order chi connectivity index (χ1) is 8.29. The van der Waals surface area contributed by atoms with Crippen LogP contribution in [-0.2, 0) is 0 Å². The quantitative estimate of drug-likeness (QED) is 0.505. The lowest BCUT2D eigenvalue weighted by Gasteiger charge is -2.13. The molecule has 1 heterocycles. The fourth-order valence-electron chi connectivity index (χ4n) is 1.45. The Hall–Kier alpha value is -0.750. The van der Waals surface area contributed by atoms with Crippen LogP contribution in [0.3, 0.4) is 0 Å². The zero-order valence-corrected chi connectivity index (χ0v) is 11.5. The van der Waals surface area contributed by atoms with Gasteiger partial charge in [0, 0.05) is 20.7 Å². The minimum atomic E-state index is 0.0951. The summed E-state index contributed by atoms with van der Waals surface area (Å²) >= 11 is 5.21. The number of benzene rings is 1. The molecule has 0 radical (unpaired) electrons. The van der Waals surface area contributed by atoms with Crippen molar-refractivity contribution in [2.45, 2.75) is 10.9 Å². The van der Waals surface area contributed by atoms with E-state index in [-0.39, 0.29) is 6.04 Å². The van der Waals surface area contributed by atoms with Crippen LogP contribution in [0.15, 0.2) is 56.6 Å². The number of hydrogen-bond donors (Lipinski definition) is 2. The third-order valence-corrected chi connectivity index (χ3v) is 3.94. The van der Waals surface area contributed by atoms with Gasteiger partial charge in [0.25, 0.3) is 0 Å². The molecule has 0 aliphatic carbocycles. The van der Waals surface area contributed by atoms with Gasteiger partial charge in [0.2, 0.25) is 0 Å². The first-order valence-electron chi connectivity index (χ1n) is 5.16. The molecule has 1 aromatic carbocycles. The minimum Gasteiger partial charge on any atom is -0.472 e. The second-order valence-corrected chi connectivity index (χ2v) is 5.55. The molecule has 2 aromatic rings. The van der Waals surface area contributed by atoms with E-state index >= 15 is 0 Å². The van der Waals surface area contributed by atoms with Crippen LogP contribution in [0.4, 0.5) is 0 Å². The van der Waals surface area contributed by atoms with E-state index in [0.29, 0.717) is 0 Å². The van der Waals surface area contributed by atoms with Crippen molar-refractivity contribution in [3.63, 3.8) is 0 Å². The van der Waals surface area contributed by atoms with Crippen molar-refractivity contribution in [2.24, 2.45) is 5.84 Å². The monoisotopic (exact) mass is 312 g/mol. The van der Waals surface area contributed by atoms with Gasteiger partial charge in [-0.05, 0) is 24.3 Å². The highest BCUT2D eigenvalue weighted by atomic mass is 79.9. The first kappa shape index (κ1) is 12.7. The summed E-state index contributed by atoms with van der Waals surface area (Å²) in [6.45, 7) is 0. The average molecular weight is 313 g/mol. The van der Waals surface area contributed by atoms with Crippen molar-refractivity contribution in [3.05, 3.63) is 52.9 Å². The lowest BCUT2D eigenvalue weighted by atomic mass is 10.2. The number of rotatable bonds is 5. The molecular formula is C12H13BrN2OS. The number of halogens is 1. The van der Waals surface area contributed by atoms with Crippen LogP contribution in [0, 0.1) is 0 Å². The van der Waals surface area contributed by atoms with Gasteiger partial charge < -0.3 is 4.42 Å². The van der Waals surface area contributed by atoms with E-state index in [2.05, 4.69) is 33.5 Å². The summed E-state index contributed by atoms with van der Waals surface area (Å²) in [6, 6.07) is 10.2. The van der Waals surface area contributed by atoms with Crippen LogP contribution < -0.4 is 11.3 Å². The Morgan fingerprint density at radius 3 is 2.94 bits per heavy atom. The highest BCUT2D eigenvalue weighted by molar-refractivity contribution is 9.10. The number of hydrogen-bond acceptors (Lipinski definition) is 4. The molecule has 5 heteroatoms. The molecule has 3 N–H and O–H groups in total. The summed E-state index contributed by atoms with van der Waals surface area (Å²) in [7, 11) is 0. The number of nitrogens with one attached hydrogen (secondary N) is 1. The fourth-order valence-corrected chi connectivity index (χ4v) is 3.03. The Morgan fingerprint density at radius 1 is 1.41 bits per heavy atom. The smallest absolute Gasteiger partial charge is 0.0951 e. The normalized spacial score (nSPS) is 12.6. The number of hydrazine groups is 1. The first-order valence-corrected chi connectivity index (χ1v) is 6.94. The average Bonchev–Trinajstić information content (AvgIpc) is 2.84. The summed E-state index contributed by atoms with van der Waals surface area (Å²) in [5, 5.41) is 0. The van der Waals surface area contributed by atoms with Crippen molar-refractivity contribution in [1.29, 1.82) is 0 Å². The van der Waals surface area contributed by atoms with Gasteiger partial charge in [-0.15, -0.1) is 11.8 Å². The predicted molar refractivity (Wildman–Crippen MR) is 73.6 cm³/mol. The number of thioether (sulfide) groups is 1. The molecule has 0 spiro atoms. The molecule has 0 saturated carbocycles. The Kier molecular flexibility index (Phi) is 4.67. The summed E-state index contributed by atoms with van der Waals surface area (Å²) < 4.78 is 6.14. The molecule has 1 unspecified atom stereocenters. The highest BCUT2D eigenvalue weighted by Crippen LogP contribution is 2.26. The lowest BCUT2D eigenvalue weighted by Crippen LogP contribution is -2.29. The molecule has 3 nitrogen and oxygen atoms in total. The lowest BCUT2D eigenvalue weighted by molar-refractivity contribution is 0.548. The highest BCUT2D eigenvalue weighted by Gasteiger charge is 2.11. The molecule has 0 saturated heterocycles. The Balaban J connectivity index is 1.97. The second-order valence-electron chi connectivity index (χ2n) is 3.54. The van der Waals surface area contributed by atoms with Gasteiger partial charge in [-0.3, -0.25) is 11.3 Å². The molecule has 0 bridgehead atoms. The Morgan fingerprint density at radius 2 is 2.29 bits per heavy atom. The third kappa shape index (κ3) is 3.61. The van der Waals surface area contributed by atoms with Crippen LogP contribution in [0.1, 0.15) is 11.6 Å². The second kappa shape index (κ2) is 6.26. The van der Waals surface area contributed by atoms with E-state index in [1.54, 1.807) is 24.3 Å². The zero-order chi connectivity index (χ0) is 12.1. The molecule has 0 amide bonds. The summed E-state index contributed by atoms with van der Waals surface area (Å²) in [5.74, 6) is 6.40. The molecule has 2 rings (SSSR count).